The number of nitrogens with zero attached hydrogens (tertiary/aromatic N) is 1. The number of hydrogen-bond acceptors (Lipinski definition) is 1. The molecule has 1 heteroatoms. The Morgan fingerprint density at radius 3 is 1.91 bits per heavy atom. The molecule has 0 saturated heterocycles. The molecule has 212 valence electrons. The van der Waals surface area contributed by atoms with Crippen molar-refractivity contribution in [2.75, 3.05) is 0 Å². The normalized spacial score (nSPS) is 13.3. The van der Waals surface area contributed by atoms with Crippen LogP contribution in [-0.2, 0) is 5.41 Å². The number of pyridine rings is 1. The molecule has 0 saturated carbocycles. The molecule has 0 fully saturated rings. The van der Waals surface area contributed by atoms with Crippen LogP contribution in [0, 0.1) is 0 Å². The highest BCUT2D eigenvalue weighted by Crippen LogP contribution is 2.51. The molecule has 0 atom stereocenters. The van der Waals surface area contributed by atoms with Crippen LogP contribution in [0.4, 0.5) is 0 Å². The number of fused-ring (bicyclic) bond motifs is 6. The maximum atomic E-state index is 5.05. The van der Waals surface area contributed by atoms with Gasteiger partial charge in [0.2, 0.25) is 0 Å². The third-order valence-corrected chi connectivity index (χ3v) is 9.91. The predicted octanol–water partition coefficient (Wildman–Crippen LogP) is 11.8. The van der Waals surface area contributed by atoms with Gasteiger partial charge in [-0.2, -0.15) is 0 Å². The Morgan fingerprint density at radius 2 is 1.07 bits per heavy atom. The van der Waals surface area contributed by atoms with Gasteiger partial charge in [0.05, 0.1) is 5.69 Å². The Balaban J connectivity index is 1.41. The van der Waals surface area contributed by atoms with E-state index in [-0.39, 0.29) is 5.41 Å². The summed E-state index contributed by atoms with van der Waals surface area (Å²) in [7, 11) is 0. The van der Waals surface area contributed by atoms with Gasteiger partial charge in [-0.15, -0.1) is 0 Å². The second kappa shape index (κ2) is 9.74. The summed E-state index contributed by atoms with van der Waals surface area (Å²) >= 11 is 0. The van der Waals surface area contributed by atoms with E-state index in [1.165, 1.54) is 82.4 Å². The van der Waals surface area contributed by atoms with Crippen LogP contribution in [0.25, 0.3) is 77.0 Å². The monoisotopic (exact) mass is 573 g/mol. The molecule has 0 spiro atoms. The fourth-order valence-corrected chi connectivity index (χ4v) is 7.73. The summed E-state index contributed by atoms with van der Waals surface area (Å²) in [5.41, 5.74) is 12.6. The van der Waals surface area contributed by atoms with Crippen LogP contribution >= 0.6 is 0 Å². The van der Waals surface area contributed by atoms with E-state index in [4.69, 9.17) is 4.98 Å². The third kappa shape index (κ3) is 3.84. The number of benzene rings is 7. The molecule has 0 unspecified atom stereocenters. The molecule has 0 aliphatic heterocycles. The zero-order chi connectivity index (χ0) is 30.1. The Hall–Kier alpha value is -5.53. The second-order valence-electron chi connectivity index (χ2n) is 12.7. The zero-order valence-electron chi connectivity index (χ0n) is 25.4. The fraction of sp³-hybridized carbons (Fsp3) is 0.0682. The molecule has 8 aromatic rings. The molecule has 1 aromatic heterocycles. The van der Waals surface area contributed by atoms with Crippen LogP contribution in [0.15, 0.2) is 152 Å². The minimum absolute atomic E-state index is 0.0739. The highest BCUT2D eigenvalue weighted by atomic mass is 14.7. The zero-order valence-corrected chi connectivity index (χ0v) is 25.4. The van der Waals surface area contributed by atoms with Crippen molar-refractivity contribution in [1.29, 1.82) is 0 Å². The lowest BCUT2D eigenvalue weighted by Crippen LogP contribution is -2.14. The van der Waals surface area contributed by atoms with Crippen molar-refractivity contribution < 1.29 is 0 Å². The molecule has 1 aliphatic rings. The number of aromatic nitrogens is 1. The summed E-state index contributed by atoms with van der Waals surface area (Å²) < 4.78 is 0. The van der Waals surface area contributed by atoms with Crippen molar-refractivity contribution in [2.45, 2.75) is 19.3 Å². The quantitative estimate of drug-likeness (QED) is 0.192. The summed E-state index contributed by atoms with van der Waals surface area (Å²) in [5.74, 6) is 0. The Kier molecular flexibility index (Phi) is 5.61. The summed E-state index contributed by atoms with van der Waals surface area (Å²) in [6.45, 7) is 4.72. The van der Waals surface area contributed by atoms with E-state index in [0.29, 0.717) is 0 Å². The fourth-order valence-electron chi connectivity index (χ4n) is 7.73. The van der Waals surface area contributed by atoms with Crippen LogP contribution in [0.3, 0.4) is 0 Å². The lowest BCUT2D eigenvalue weighted by atomic mass is 9.80. The van der Waals surface area contributed by atoms with Crippen molar-refractivity contribution >= 4 is 32.3 Å². The average Bonchev–Trinajstić information content (AvgIpc) is 3.32. The highest BCUT2D eigenvalue weighted by Gasteiger charge is 2.35. The topological polar surface area (TPSA) is 12.9 Å². The smallest absolute Gasteiger partial charge is 0.0792 e. The Labute approximate surface area is 263 Å². The molecule has 45 heavy (non-hydrogen) atoms. The van der Waals surface area contributed by atoms with Gasteiger partial charge in [0, 0.05) is 22.6 Å². The van der Waals surface area contributed by atoms with Gasteiger partial charge in [-0.1, -0.05) is 141 Å². The lowest BCUT2D eigenvalue weighted by Gasteiger charge is -2.23. The van der Waals surface area contributed by atoms with Crippen molar-refractivity contribution in [1.82, 2.24) is 4.98 Å². The molecule has 0 radical (unpaired) electrons. The first-order valence-electron chi connectivity index (χ1n) is 15.7. The van der Waals surface area contributed by atoms with E-state index in [2.05, 4.69) is 159 Å². The largest absolute Gasteiger partial charge is 0.256 e. The number of rotatable bonds is 3. The second-order valence-corrected chi connectivity index (χ2v) is 12.7. The van der Waals surface area contributed by atoms with E-state index in [0.717, 1.165) is 5.69 Å². The van der Waals surface area contributed by atoms with Crippen molar-refractivity contribution in [3.63, 3.8) is 0 Å². The first-order chi connectivity index (χ1) is 22.1. The minimum Gasteiger partial charge on any atom is -0.256 e. The van der Waals surface area contributed by atoms with Crippen LogP contribution in [0.2, 0.25) is 0 Å². The average molecular weight is 574 g/mol. The Bertz CT molecular complexity index is 2440. The van der Waals surface area contributed by atoms with Gasteiger partial charge in [-0.05, 0) is 89.6 Å². The third-order valence-electron chi connectivity index (χ3n) is 9.91. The van der Waals surface area contributed by atoms with Crippen LogP contribution in [0.5, 0.6) is 0 Å². The summed E-state index contributed by atoms with van der Waals surface area (Å²) in [6.07, 6.45) is 1.95. The molecule has 0 N–H and O–H groups in total. The maximum absolute atomic E-state index is 5.05. The van der Waals surface area contributed by atoms with E-state index < -0.39 is 0 Å². The summed E-state index contributed by atoms with van der Waals surface area (Å²) in [6, 6.07) is 53.3. The van der Waals surface area contributed by atoms with Crippen molar-refractivity contribution in [3.8, 4) is 44.6 Å². The molecule has 0 bridgehead atoms. The Morgan fingerprint density at radius 1 is 0.422 bits per heavy atom. The van der Waals surface area contributed by atoms with Gasteiger partial charge in [0.15, 0.2) is 0 Å². The molecule has 1 heterocycles. The highest BCUT2D eigenvalue weighted by molar-refractivity contribution is 6.23. The standard InChI is InChI=1S/C44H31N/c1-44(2)39-19-11-10-16-33(39)34-22-21-31(27-40(34)44)41-35-17-8-9-18-36(35)42(43-32-15-7-6-14-29(32)24-25-45-43)37-23-20-30(26-38(37)41)28-12-4-3-5-13-28/h3-27H,1-2H3. The van der Waals surface area contributed by atoms with Crippen molar-refractivity contribution in [3.05, 3.63) is 163 Å². The van der Waals surface area contributed by atoms with Crippen LogP contribution < -0.4 is 0 Å². The van der Waals surface area contributed by atoms with Gasteiger partial charge in [0.1, 0.15) is 0 Å². The molecule has 0 amide bonds. The van der Waals surface area contributed by atoms with E-state index >= 15 is 0 Å². The van der Waals surface area contributed by atoms with E-state index in [9.17, 15) is 0 Å². The maximum Gasteiger partial charge on any atom is 0.0792 e. The summed E-state index contributed by atoms with van der Waals surface area (Å²) in [4.78, 5) is 5.05. The van der Waals surface area contributed by atoms with Gasteiger partial charge >= 0.3 is 0 Å². The molecule has 1 nitrogen and oxygen atoms in total. The first-order valence-corrected chi connectivity index (χ1v) is 15.7. The van der Waals surface area contributed by atoms with E-state index in [1.54, 1.807) is 0 Å². The van der Waals surface area contributed by atoms with Gasteiger partial charge in [0.25, 0.3) is 0 Å². The molecular weight excluding hydrogens is 542 g/mol. The minimum atomic E-state index is -0.0739. The number of hydrogen-bond donors (Lipinski definition) is 0. The first kappa shape index (κ1) is 25.9. The van der Waals surface area contributed by atoms with Gasteiger partial charge < -0.3 is 0 Å². The van der Waals surface area contributed by atoms with Gasteiger partial charge in [-0.25, -0.2) is 0 Å². The molecule has 1 aliphatic carbocycles. The van der Waals surface area contributed by atoms with Crippen LogP contribution in [-0.4, -0.2) is 4.98 Å². The summed E-state index contributed by atoms with van der Waals surface area (Å²) in [5, 5.41) is 7.30. The van der Waals surface area contributed by atoms with Crippen molar-refractivity contribution in [2.24, 2.45) is 0 Å². The van der Waals surface area contributed by atoms with E-state index in [1.807, 2.05) is 6.20 Å². The molecule has 9 rings (SSSR count). The van der Waals surface area contributed by atoms with Crippen LogP contribution in [0.1, 0.15) is 25.0 Å². The SMILES string of the molecule is CC1(C)c2ccccc2-c2ccc(-c3c4ccccc4c(-c4nccc5ccccc45)c4ccc(-c5ccccc5)cc34)cc21. The predicted molar refractivity (Wildman–Crippen MR) is 191 cm³/mol. The molecular formula is C44H31N. The molecule has 7 aromatic carbocycles. The van der Waals surface area contributed by atoms with Gasteiger partial charge in [-0.3, -0.25) is 4.98 Å². The lowest BCUT2D eigenvalue weighted by molar-refractivity contribution is 0.660.